The molecular formula is C25H18BrClN2O3. The number of nitrogens with zero attached hydrogens (tertiary/aromatic N) is 2. The zero-order valence-electron chi connectivity index (χ0n) is 17.1. The number of amides is 2. The average molecular weight is 510 g/mol. The fourth-order valence-corrected chi connectivity index (χ4v) is 3.93. The maximum Gasteiger partial charge on any atom is 0.283 e. The Kier molecular flexibility index (Phi) is 6.53. The number of carbonyl (C=O) groups excluding carboxylic acids is 2. The van der Waals surface area contributed by atoms with Gasteiger partial charge in [0.15, 0.2) is 0 Å². The summed E-state index contributed by atoms with van der Waals surface area (Å²) in [4.78, 5) is 25.5. The first-order valence-electron chi connectivity index (χ1n) is 9.80. The molecule has 0 aromatic heterocycles. The average Bonchev–Trinajstić information content (AvgIpc) is 3.07. The first kappa shape index (κ1) is 22.0. The second kappa shape index (κ2) is 9.51. The molecule has 32 heavy (non-hydrogen) atoms. The number of benzene rings is 3. The molecule has 4 rings (SSSR count). The van der Waals surface area contributed by atoms with Gasteiger partial charge in [0.2, 0.25) is 0 Å². The largest absolute Gasteiger partial charge is 0.488 e. The van der Waals surface area contributed by atoms with Crippen molar-refractivity contribution < 1.29 is 14.3 Å². The van der Waals surface area contributed by atoms with Crippen molar-refractivity contribution in [3.63, 3.8) is 0 Å². The summed E-state index contributed by atoms with van der Waals surface area (Å²) in [5.74, 6) is -0.241. The van der Waals surface area contributed by atoms with Gasteiger partial charge in [-0.3, -0.25) is 9.59 Å². The minimum atomic E-state index is -0.454. The van der Waals surface area contributed by atoms with Crippen molar-refractivity contribution >= 4 is 51.1 Å². The lowest BCUT2D eigenvalue weighted by molar-refractivity contribution is -0.123. The SMILES string of the molecule is CC1=NN(C(=O)c2ccccc2)C(=O)/C1=C/c1ccc(OCc2cccc(Cl)c2)c(Br)c1. The Morgan fingerprint density at radius 3 is 2.59 bits per heavy atom. The molecule has 7 heteroatoms. The van der Waals surface area contributed by atoms with E-state index in [4.69, 9.17) is 16.3 Å². The summed E-state index contributed by atoms with van der Waals surface area (Å²) in [7, 11) is 0. The van der Waals surface area contributed by atoms with Crippen molar-refractivity contribution in [3.8, 4) is 5.75 Å². The molecule has 0 atom stereocenters. The molecule has 1 aliphatic rings. The number of imide groups is 1. The van der Waals surface area contributed by atoms with Gasteiger partial charge in [-0.15, -0.1) is 0 Å². The molecule has 2 amide bonds. The third kappa shape index (κ3) is 4.82. The quantitative estimate of drug-likeness (QED) is 0.307. The van der Waals surface area contributed by atoms with E-state index in [1.165, 1.54) is 0 Å². The first-order valence-corrected chi connectivity index (χ1v) is 11.0. The molecular weight excluding hydrogens is 492 g/mol. The standard InChI is InChI=1S/C25H18BrClN2O3/c1-16-21(25(31)29(28-16)24(30)19-7-3-2-4-8-19)13-17-10-11-23(22(26)14-17)32-15-18-6-5-9-20(27)12-18/h2-14H,15H2,1H3/b21-13+. The Morgan fingerprint density at radius 1 is 1.09 bits per heavy atom. The van der Waals surface area contributed by atoms with E-state index in [2.05, 4.69) is 21.0 Å². The Balaban J connectivity index is 1.50. The number of halogens is 2. The summed E-state index contributed by atoms with van der Waals surface area (Å²) in [6, 6.07) is 21.6. The van der Waals surface area contributed by atoms with E-state index >= 15 is 0 Å². The Hall–Kier alpha value is -3.22. The lowest BCUT2D eigenvalue weighted by atomic mass is 10.1. The van der Waals surface area contributed by atoms with E-state index in [-0.39, 0.29) is 0 Å². The molecule has 0 aliphatic carbocycles. The van der Waals surface area contributed by atoms with Gasteiger partial charge >= 0.3 is 0 Å². The fraction of sp³-hybridized carbons (Fsp3) is 0.0800. The molecule has 0 spiro atoms. The van der Waals surface area contributed by atoms with Crippen molar-refractivity contribution in [2.24, 2.45) is 5.10 Å². The van der Waals surface area contributed by atoms with Gasteiger partial charge < -0.3 is 4.74 Å². The minimum Gasteiger partial charge on any atom is -0.488 e. The highest BCUT2D eigenvalue weighted by atomic mass is 79.9. The lowest BCUT2D eigenvalue weighted by Gasteiger charge is -2.10. The van der Waals surface area contributed by atoms with Crippen LogP contribution in [0.1, 0.15) is 28.4 Å². The van der Waals surface area contributed by atoms with E-state index < -0.39 is 11.8 Å². The zero-order valence-corrected chi connectivity index (χ0v) is 19.4. The van der Waals surface area contributed by atoms with Crippen LogP contribution in [-0.4, -0.2) is 22.5 Å². The molecule has 0 N–H and O–H groups in total. The van der Waals surface area contributed by atoms with Gasteiger partial charge in [-0.25, -0.2) is 0 Å². The number of carbonyl (C=O) groups is 2. The van der Waals surface area contributed by atoms with Crippen LogP contribution in [0.4, 0.5) is 0 Å². The van der Waals surface area contributed by atoms with E-state index in [9.17, 15) is 9.59 Å². The Morgan fingerprint density at radius 2 is 1.88 bits per heavy atom. The monoisotopic (exact) mass is 508 g/mol. The maximum atomic E-state index is 12.8. The van der Waals surface area contributed by atoms with Gasteiger partial charge in [0.25, 0.3) is 11.8 Å². The molecule has 0 bridgehead atoms. The smallest absolute Gasteiger partial charge is 0.283 e. The number of hydrogen-bond acceptors (Lipinski definition) is 4. The van der Waals surface area contributed by atoms with Crippen molar-refractivity contribution in [1.29, 1.82) is 0 Å². The van der Waals surface area contributed by atoms with Gasteiger partial charge in [0, 0.05) is 10.6 Å². The number of hydrogen-bond donors (Lipinski definition) is 0. The van der Waals surface area contributed by atoms with E-state index in [0.717, 1.165) is 20.6 Å². The fourth-order valence-electron chi connectivity index (χ4n) is 3.20. The molecule has 3 aromatic rings. The highest BCUT2D eigenvalue weighted by Gasteiger charge is 2.32. The summed E-state index contributed by atoms with van der Waals surface area (Å²) in [6.45, 7) is 2.08. The summed E-state index contributed by atoms with van der Waals surface area (Å²) in [6.07, 6.45) is 1.71. The lowest BCUT2D eigenvalue weighted by Crippen LogP contribution is -2.29. The summed E-state index contributed by atoms with van der Waals surface area (Å²) in [5.41, 5.74) is 2.99. The van der Waals surface area contributed by atoms with Crippen LogP contribution in [0.2, 0.25) is 5.02 Å². The molecule has 0 saturated heterocycles. The summed E-state index contributed by atoms with van der Waals surface area (Å²) < 4.78 is 6.61. The number of ether oxygens (including phenoxy) is 1. The molecule has 1 heterocycles. The molecule has 5 nitrogen and oxygen atoms in total. The van der Waals surface area contributed by atoms with Crippen molar-refractivity contribution in [3.05, 3.63) is 105 Å². The molecule has 0 radical (unpaired) electrons. The van der Waals surface area contributed by atoms with Crippen LogP contribution in [0.3, 0.4) is 0 Å². The van der Waals surface area contributed by atoms with Gasteiger partial charge in [-0.1, -0.05) is 48.0 Å². The van der Waals surface area contributed by atoms with Crippen molar-refractivity contribution in [2.75, 3.05) is 0 Å². The first-order chi connectivity index (χ1) is 15.4. The van der Waals surface area contributed by atoms with Crippen LogP contribution in [0.25, 0.3) is 6.08 Å². The molecule has 0 unspecified atom stereocenters. The second-order valence-electron chi connectivity index (χ2n) is 7.14. The third-order valence-electron chi connectivity index (χ3n) is 4.83. The van der Waals surface area contributed by atoms with Crippen molar-refractivity contribution in [2.45, 2.75) is 13.5 Å². The predicted molar refractivity (Wildman–Crippen MR) is 129 cm³/mol. The second-order valence-corrected chi connectivity index (χ2v) is 8.43. The predicted octanol–water partition coefficient (Wildman–Crippen LogP) is 6.12. The Labute approximate surface area is 199 Å². The topological polar surface area (TPSA) is 59.0 Å². The maximum absolute atomic E-state index is 12.8. The zero-order chi connectivity index (χ0) is 22.7. The molecule has 160 valence electrons. The molecule has 1 aliphatic heterocycles. The van der Waals surface area contributed by atoms with Crippen LogP contribution in [-0.2, 0) is 11.4 Å². The number of hydrazone groups is 1. The van der Waals surface area contributed by atoms with Gasteiger partial charge in [-0.2, -0.15) is 10.1 Å². The van der Waals surface area contributed by atoms with Crippen LogP contribution in [0, 0.1) is 0 Å². The highest BCUT2D eigenvalue weighted by Crippen LogP contribution is 2.29. The van der Waals surface area contributed by atoms with E-state index in [1.54, 1.807) is 37.3 Å². The van der Waals surface area contributed by atoms with Crippen molar-refractivity contribution in [1.82, 2.24) is 5.01 Å². The van der Waals surface area contributed by atoms with Gasteiger partial charge in [-0.05, 0) is 76.5 Å². The van der Waals surface area contributed by atoms with Crippen LogP contribution >= 0.6 is 27.5 Å². The van der Waals surface area contributed by atoms with Crippen LogP contribution < -0.4 is 4.74 Å². The summed E-state index contributed by atoms with van der Waals surface area (Å²) in [5, 5.41) is 5.74. The normalized spacial score (nSPS) is 14.6. The molecule has 3 aromatic carbocycles. The third-order valence-corrected chi connectivity index (χ3v) is 5.68. The molecule has 0 saturated carbocycles. The number of rotatable bonds is 5. The molecule has 0 fully saturated rings. The van der Waals surface area contributed by atoms with E-state index in [1.807, 2.05) is 48.5 Å². The highest BCUT2D eigenvalue weighted by molar-refractivity contribution is 9.10. The van der Waals surface area contributed by atoms with E-state index in [0.29, 0.717) is 34.2 Å². The van der Waals surface area contributed by atoms with Crippen LogP contribution in [0.15, 0.2) is 87.9 Å². The minimum absolute atomic E-state index is 0.369. The Bertz CT molecular complexity index is 1260. The van der Waals surface area contributed by atoms with Gasteiger partial charge in [0.1, 0.15) is 12.4 Å². The summed E-state index contributed by atoms with van der Waals surface area (Å²) >= 11 is 9.54. The van der Waals surface area contributed by atoms with Crippen LogP contribution in [0.5, 0.6) is 5.75 Å². The van der Waals surface area contributed by atoms with Gasteiger partial charge in [0.05, 0.1) is 15.8 Å².